The smallest absolute Gasteiger partial charge is 0.298 e. The van der Waals surface area contributed by atoms with Crippen LogP contribution in [0.25, 0.3) is 11.1 Å². The summed E-state index contributed by atoms with van der Waals surface area (Å²) in [5, 5.41) is 2.71. The average molecular weight is 537 g/mol. The number of primary amides is 1. The molecule has 204 valence electrons. The van der Waals surface area contributed by atoms with Crippen molar-refractivity contribution in [2.75, 3.05) is 41.3 Å². The topological polar surface area (TPSA) is 114 Å². The second-order valence-electron chi connectivity index (χ2n) is 9.92. The Morgan fingerprint density at radius 1 is 0.875 bits per heavy atom. The zero-order chi connectivity index (χ0) is 28.2. The molecule has 0 unspecified atom stereocenters. The number of nitrogens with two attached hydrogens (primary N) is 1. The van der Waals surface area contributed by atoms with Gasteiger partial charge in [0.15, 0.2) is 0 Å². The molecule has 1 fully saturated rings. The molecule has 9 heteroatoms. The fourth-order valence-electron chi connectivity index (χ4n) is 5.04. The van der Waals surface area contributed by atoms with Gasteiger partial charge in [0.1, 0.15) is 18.1 Å². The highest BCUT2D eigenvalue weighted by atomic mass is 16.2. The van der Waals surface area contributed by atoms with Crippen LogP contribution >= 0.6 is 0 Å². The molecular formula is C31H32N6O3. The number of aryl methyl sites for hydroxylation is 1. The summed E-state index contributed by atoms with van der Waals surface area (Å²) in [7, 11) is 0. The van der Waals surface area contributed by atoms with Crippen LogP contribution in [0.15, 0.2) is 79.1 Å². The van der Waals surface area contributed by atoms with Crippen LogP contribution in [-0.2, 0) is 16.1 Å². The van der Waals surface area contributed by atoms with Crippen molar-refractivity contribution in [3.63, 3.8) is 0 Å². The molecular weight excluding hydrogens is 504 g/mol. The molecule has 1 aliphatic heterocycles. The lowest BCUT2D eigenvalue weighted by Gasteiger charge is -2.37. The molecule has 5 rings (SSSR count). The number of nitrogens with one attached hydrogen (secondary N) is 1. The van der Waals surface area contributed by atoms with Crippen molar-refractivity contribution in [2.24, 2.45) is 5.73 Å². The van der Waals surface area contributed by atoms with Gasteiger partial charge in [0.05, 0.1) is 0 Å². The van der Waals surface area contributed by atoms with Gasteiger partial charge in [0.25, 0.3) is 11.7 Å². The number of pyridine rings is 1. The number of carbonyl (C=O) groups is 3. The number of amides is 2. The van der Waals surface area contributed by atoms with Crippen LogP contribution in [0.4, 0.5) is 17.2 Å². The zero-order valence-corrected chi connectivity index (χ0v) is 22.6. The molecule has 3 heterocycles. The van der Waals surface area contributed by atoms with Gasteiger partial charge in [-0.15, -0.1) is 0 Å². The first-order chi connectivity index (χ1) is 19.3. The average Bonchev–Trinajstić information content (AvgIpc) is 3.38. The lowest BCUT2D eigenvalue weighted by Crippen LogP contribution is -2.47. The fraction of sp³-hybridized carbons (Fsp3) is 0.226. The van der Waals surface area contributed by atoms with Crippen LogP contribution < -0.4 is 20.9 Å². The maximum Gasteiger partial charge on any atom is 0.298 e. The SMILES string of the molecule is Cc1ccnc(N2CCN(c3ccc(NC(=O)C(=O)c4c(-c5ccccc5)ccn4CC(N)=O)cc3)CC2)c1C. The number of nitrogens with zero attached hydrogens (tertiary/aromatic N) is 4. The summed E-state index contributed by atoms with van der Waals surface area (Å²) in [5.41, 5.74) is 10.8. The second kappa shape index (κ2) is 11.4. The number of ketones is 1. The molecule has 2 amide bonds. The Kier molecular flexibility index (Phi) is 7.63. The van der Waals surface area contributed by atoms with Crippen LogP contribution in [0, 0.1) is 13.8 Å². The first-order valence-electron chi connectivity index (χ1n) is 13.2. The maximum absolute atomic E-state index is 13.3. The van der Waals surface area contributed by atoms with Gasteiger partial charge >= 0.3 is 0 Å². The second-order valence-corrected chi connectivity index (χ2v) is 9.92. The van der Waals surface area contributed by atoms with Crippen molar-refractivity contribution in [3.05, 3.63) is 95.9 Å². The number of piperazine rings is 1. The van der Waals surface area contributed by atoms with Crippen molar-refractivity contribution in [3.8, 4) is 11.1 Å². The molecule has 2 aromatic carbocycles. The van der Waals surface area contributed by atoms with Crippen LogP contribution in [0.1, 0.15) is 21.6 Å². The van der Waals surface area contributed by atoms with Gasteiger partial charge in [-0.25, -0.2) is 4.98 Å². The number of rotatable bonds is 8. The normalized spacial score (nSPS) is 13.2. The monoisotopic (exact) mass is 536 g/mol. The van der Waals surface area contributed by atoms with E-state index in [4.69, 9.17) is 5.73 Å². The number of anilines is 3. The Morgan fingerprint density at radius 3 is 2.23 bits per heavy atom. The molecule has 9 nitrogen and oxygen atoms in total. The van der Waals surface area contributed by atoms with Crippen LogP contribution in [0.3, 0.4) is 0 Å². The quantitative estimate of drug-likeness (QED) is 0.262. The van der Waals surface area contributed by atoms with E-state index in [2.05, 4.69) is 33.9 Å². The van der Waals surface area contributed by atoms with E-state index < -0.39 is 17.6 Å². The number of benzene rings is 2. The fourth-order valence-corrected chi connectivity index (χ4v) is 5.04. The van der Waals surface area contributed by atoms with Gasteiger partial charge in [-0.2, -0.15) is 0 Å². The summed E-state index contributed by atoms with van der Waals surface area (Å²) in [4.78, 5) is 47.1. The Bertz CT molecular complexity index is 1540. The van der Waals surface area contributed by atoms with Crippen molar-refractivity contribution >= 4 is 34.8 Å². The molecule has 0 atom stereocenters. The third-order valence-corrected chi connectivity index (χ3v) is 7.31. The van der Waals surface area contributed by atoms with Gasteiger partial charge in [0, 0.05) is 55.5 Å². The molecule has 1 aliphatic rings. The number of Topliss-reactive ketones (excluding diaryl/α,β-unsaturated/α-hetero) is 1. The highest BCUT2D eigenvalue weighted by Gasteiger charge is 2.26. The minimum Gasteiger partial charge on any atom is -0.368 e. The molecule has 0 bridgehead atoms. The molecule has 3 N–H and O–H groups in total. The van der Waals surface area contributed by atoms with Gasteiger partial charge in [-0.05, 0) is 66.9 Å². The summed E-state index contributed by atoms with van der Waals surface area (Å²) in [5.74, 6) is -1.10. The first-order valence-corrected chi connectivity index (χ1v) is 13.2. The van der Waals surface area contributed by atoms with E-state index in [0.29, 0.717) is 11.3 Å². The molecule has 0 saturated carbocycles. The van der Waals surface area contributed by atoms with Gasteiger partial charge in [-0.3, -0.25) is 14.4 Å². The highest BCUT2D eigenvalue weighted by Crippen LogP contribution is 2.27. The van der Waals surface area contributed by atoms with Crippen molar-refractivity contribution in [2.45, 2.75) is 20.4 Å². The number of hydrogen-bond acceptors (Lipinski definition) is 6. The van der Waals surface area contributed by atoms with Crippen molar-refractivity contribution in [1.82, 2.24) is 9.55 Å². The lowest BCUT2D eigenvalue weighted by molar-refractivity contribution is -0.118. The maximum atomic E-state index is 13.3. The van der Waals surface area contributed by atoms with E-state index in [-0.39, 0.29) is 12.2 Å². The van der Waals surface area contributed by atoms with E-state index >= 15 is 0 Å². The Hall–Kier alpha value is -4.92. The minimum absolute atomic E-state index is 0.121. The summed E-state index contributed by atoms with van der Waals surface area (Å²) in [6, 6.07) is 20.4. The predicted octanol–water partition coefficient (Wildman–Crippen LogP) is 3.80. The van der Waals surface area contributed by atoms with Crippen molar-refractivity contribution in [1.29, 1.82) is 0 Å². The molecule has 0 aliphatic carbocycles. The molecule has 40 heavy (non-hydrogen) atoms. The van der Waals surface area contributed by atoms with Crippen LogP contribution in [0.5, 0.6) is 0 Å². The van der Waals surface area contributed by atoms with Crippen molar-refractivity contribution < 1.29 is 14.4 Å². The summed E-state index contributed by atoms with van der Waals surface area (Å²) >= 11 is 0. The Morgan fingerprint density at radius 2 is 1.55 bits per heavy atom. The summed E-state index contributed by atoms with van der Waals surface area (Å²) in [6.45, 7) is 7.42. The van der Waals surface area contributed by atoms with Gasteiger partial charge in [-0.1, -0.05) is 30.3 Å². The Balaban J connectivity index is 1.26. The van der Waals surface area contributed by atoms with E-state index in [9.17, 15) is 14.4 Å². The Labute approximate surface area is 233 Å². The van der Waals surface area contributed by atoms with E-state index in [1.165, 1.54) is 15.7 Å². The van der Waals surface area contributed by atoms with Crippen LogP contribution in [-0.4, -0.2) is 53.3 Å². The molecule has 0 radical (unpaired) electrons. The lowest BCUT2D eigenvalue weighted by atomic mass is 10.0. The molecule has 1 saturated heterocycles. The number of carbonyl (C=O) groups excluding carboxylic acids is 3. The standard InChI is InChI=1S/C31H32N6O3/c1-21-12-14-33-30(22(21)2)36-18-16-35(17-19-36)25-10-8-24(9-11-25)34-31(40)29(39)28-26(23-6-4-3-5-7-23)13-15-37(28)20-27(32)38/h3-15H,16-20H2,1-2H3,(H2,32,38)(H,34,40). The number of aromatic nitrogens is 2. The largest absolute Gasteiger partial charge is 0.368 e. The first kappa shape index (κ1) is 26.7. The predicted molar refractivity (Wildman–Crippen MR) is 157 cm³/mol. The summed E-state index contributed by atoms with van der Waals surface area (Å²) in [6.07, 6.45) is 3.46. The summed E-state index contributed by atoms with van der Waals surface area (Å²) < 4.78 is 1.42. The molecule has 4 aromatic rings. The highest BCUT2D eigenvalue weighted by molar-refractivity contribution is 6.47. The van der Waals surface area contributed by atoms with Crippen LogP contribution in [0.2, 0.25) is 0 Å². The van der Waals surface area contributed by atoms with E-state index in [1.54, 1.807) is 24.4 Å². The van der Waals surface area contributed by atoms with E-state index in [1.807, 2.05) is 54.7 Å². The minimum atomic E-state index is -0.788. The molecule has 2 aromatic heterocycles. The van der Waals surface area contributed by atoms with Gasteiger partial charge < -0.3 is 25.4 Å². The third kappa shape index (κ3) is 5.58. The molecule has 0 spiro atoms. The zero-order valence-electron chi connectivity index (χ0n) is 22.6. The third-order valence-electron chi connectivity index (χ3n) is 7.31. The van der Waals surface area contributed by atoms with E-state index in [0.717, 1.165) is 43.2 Å². The number of hydrogen-bond donors (Lipinski definition) is 2. The van der Waals surface area contributed by atoms with Gasteiger partial charge in [0.2, 0.25) is 5.91 Å².